The summed E-state index contributed by atoms with van der Waals surface area (Å²) in [5.74, 6) is 6.56. The van der Waals surface area contributed by atoms with Crippen LogP contribution in [-0.2, 0) is 11.3 Å². The van der Waals surface area contributed by atoms with Crippen molar-refractivity contribution >= 4 is 5.91 Å². The molecular formula is C18H24N2O. The van der Waals surface area contributed by atoms with E-state index in [0.29, 0.717) is 25.4 Å². The Morgan fingerprint density at radius 3 is 2.48 bits per heavy atom. The van der Waals surface area contributed by atoms with Gasteiger partial charge in [0.25, 0.3) is 0 Å². The molecule has 0 spiro atoms. The normalized spacial score (nSPS) is 18.6. The Balaban J connectivity index is 2.00. The molecule has 1 aliphatic heterocycles. The predicted molar refractivity (Wildman–Crippen MR) is 85.4 cm³/mol. The summed E-state index contributed by atoms with van der Waals surface area (Å²) < 4.78 is 0. The van der Waals surface area contributed by atoms with E-state index < -0.39 is 0 Å². The van der Waals surface area contributed by atoms with E-state index in [9.17, 15) is 4.79 Å². The SMILES string of the molecule is CC(C)(C)C1CC(=O)N(Cc2ccc(C#CCN)cc2)C1. The van der Waals surface area contributed by atoms with Gasteiger partial charge in [0, 0.05) is 25.1 Å². The lowest BCUT2D eigenvalue weighted by molar-refractivity contribution is -0.128. The van der Waals surface area contributed by atoms with Crippen LogP contribution in [0.15, 0.2) is 24.3 Å². The van der Waals surface area contributed by atoms with Crippen molar-refractivity contribution in [1.29, 1.82) is 0 Å². The smallest absolute Gasteiger partial charge is 0.223 e. The molecule has 1 atom stereocenters. The fraction of sp³-hybridized carbons (Fsp3) is 0.500. The minimum Gasteiger partial charge on any atom is -0.338 e. The summed E-state index contributed by atoms with van der Waals surface area (Å²) in [6.07, 6.45) is 0.670. The van der Waals surface area contributed by atoms with E-state index in [0.717, 1.165) is 17.7 Å². The largest absolute Gasteiger partial charge is 0.338 e. The molecule has 0 bridgehead atoms. The molecule has 1 aromatic rings. The summed E-state index contributed by atoms with van der Waals surface area (Å²) in [6, 6.07) is 8.05. The Morgan fingerprint density at radius 1 is 1.29 bits per heavy atom. The molecule has 112 valence electrons. The molecule has 0 radical (unpaired) electrons. The van der Waals surface area contributed by atoms with E-state index in [1.165, 1.54) is 0 Å². The molecule has 1 aromatic carbocycles. The van der Waals surface area contributed by atoms with E-state index in [1.807, 2.05) is 29.2 Å². The average molecular weight is 284 g/mol. The van der Waals surface area contributed by atoms with Crippen molar-refractivity contribution < 1.29 is 4.79 Å². The maximum atomic E-state index is 12.1. The number of hydrogen-bond acceptors (Lipinski definition) is 2. The summed E-state index contributed by atoms with van der Waals surface area (Å²) >= 11 is 0. The Hall–Kier alpha value is -1.79. The lowest BCUT2D eigenvalue weighted by Crippen LogP contribution is -2.27. The van der Waals surface area contributed by atoms with Crippen LogP contribution in [-0.4, -0.2) is 23.9 Å². The summed E-state index contributed by atoms with van der Waals surface area (Å²) in [5, 5.41) is 0. The zero-order valence-corrected chi connectivity index (χ0v) is 13.1. The third kappa shape index (κ3) is 4.09. The molecule has 0 aromatic heterocycles. The van der Waals surface area contributed by atoms with Crippen LogP contribution in [0.1, 0.15) is 38.3 Å². The second-order valence-electron chi connectivity index (χ2n) is 6.74. The van der Waals surface area contributed by atoms with E-state index in [4.69, 9.17) is 5.73 Å². The van der Waals surface area contributed by atoms with Crippen molar-refractivity contribution in [2.75, 3.05) is 13.1 Å². The van der Waals surface area contributed by atoms with Gasteiger partial charge in [-0.15, -0.1) is 0 Å². The number of hydrogen-bond donors (Lipinski definition) is 1. The molecule has 0 saturated carbocycles. The molecule has 1 heterocycles. The van der Waals surface area contributed by atoms with Gasteiger partial charge in [0.1, 0.15) is 0 Å². The lowest BCUT2D eigenvalue weighted by Gasteiger charge is -2.26. The van der Waals surface area contributed by atoms with E-state index in [1.54, 1.807) is 0 Å². The Bertz CT molecular complexity index is 558. The number of carbonyl (C=O) groups excluding carboxylic acids is 1. The van der Waals surface area contributed by atoms with Crippen LogP contribution in [0.5, 0.6) is 0 Å². The molecule has 3 heteroatoms. The Labute approximate surface area is 127 Å². The molecule has 0 aliphatic carbocycles. The van der Waals surface area contributed by atoms with Crippen molar-refractivity contribution in [2.45, 2.75) is 33.7 Å². The highest BCUT2D eigenvalue weighted by atomic mass is 16.2. The van der Waals surface area contributed by atoms with Crippen LogP contribution in [0, 0.1) is 23.2 Å². The van der Waals surface area contributed by atoms with Crippen LogP contribution in [0.2, 0.25) is 0 Å². The lowest BCUT2D eigenvalue weighted by atomic mass is 9.80. The topological polar surface area (TPSA) is 46.3 Å². The van der Waals surface area contributed by atoms with Gasteiger partial charge in [-0.25, -0.2) is 0 Å². The number of carbonyl (C=O) groups is 1. The molecule has 2 rings (SSSR count). The van der Waals surface area contributed by atoms with Crippen molar-refractivity contribution in [1.82, 2.24) is 4.90 Å². The highest BCUT2D eigenvalue weighted by Crippen LogP contribution is 2.34. The van der Waals surface area contributed by atoms with Gasteiger partial charge in [-0.2, -0.15) is 0 Å². The molecular weight excluding hydrogens is 260 g/mol. The first-order valence-electron chi connectivity index (χ1n) is 7.46. The average Bonchev–Trinajstić information content (AvgIpc) is 2.79. The summed E-state index contributed by atoms with van der Waals surface area (Å²) in [6.45, 7) is 8.55. The fourth-order valence-corrected chi connectivity index (χ4v) is 2.57. The number of amides is 1. The molecule has 1 fully saturated rings. The van der Waals surface area contributed by atoms with Crippen molar-refractivity contribution in [3.8, 4) is 11.8 Å². The number of nitrogens with zero attached hydrogens (tertiary/aromatic N) is 1. The second-order valence-corrected chi connectivity index (χ2v) is 6.74. The predicted octanol–water partition coefficient (Wildman–Crippen LogP) is 2.39. The standard InChI is InChI=1S/C18H24N2O/c1-18(2,3)16-11-17(21)20(13-16)12-15-8-6-14(7-9-15)5-4-10-19/h6-9,16H,10-13,19H2,1-3H3. The van der Waals surface area contributed by atoms with Crippen molar-refractivity contribution in [3.05, 3.63) is 35.4 Å². The van der Waals surface area contributed by atoms with Crippen LogP contribution in [0.3, 0.4) is 0 Å². The summed E-state index contributed by atoms with van der Waals surface area (Å²) in [4.78, 5) is 14.1. The third-order valence-electron chi connectivity index (χ3n) is 4.10. The zero-order valence-electron chi connectivity index (χ0n) is 13.1. The van der Waals surface area contributed by atoms with E-state index in [2.05, 4.69) is 32.6 Å². The van der Waals surface area contributed by atoms with Crippen molar-refractivity contribution in [3.63, 3.8) is 0 Å². The van der Waals surface area contributed by atoms with Crippen molar-refractivity contribution in [2.24, 2.45) is 17.1 Å². The number of rotatable bonds is 2. The monoisotopic (exact) mass is 284 g/mol. The van der Waals surface area contributed by atoms with Gasteiger partial charge in [0.15, 0.2) is 0 Å². The highest BCUT2D eigenvalue weighted by Gasteiger charge is 2.36. The molecule has 21 heavy (non-hydrogen) atoms. The molecule has 1 aliphatic rings. The Kier molecular flexibility index (Phi) is 4.69. The zero-order chi connectivity index (χ0) is 15.5. The van der Waals surface area contributed by atoms with Gasteiger partial charge in [0.05, 0.1) is 6.54 Å². The fourth-order valence-electron chi connectivity index (χ4n) is 2.57. The number of likely N-dealkylation sites (tertiary alicyclic amines) is 1. The molecule has 3 nitrogen and oxygen atoms in total. The molecule has 2 N–H and O–H groups in total. The van der Waals surface area contributed by atoms with Gasteiger partial charge >= 0.3 is 0 Å². The first-order valence-corrected chi connectivity index (χ1v) is 7.46. The first kappa shape index (κ1) is 15.6. The van der Waals surface area contributed by atoms with Crippen LogP contribution >= 0.6 is 0 Å². The van der Waals surface area contributed by atoms with Crippen LogP contribution in [0.25, 0.3) is 0 Å². The minimum atomic E-state index is 0.187. The first-order chi connectivity index (χ1) is 9.90. The van der Waals surface area contributed by atoms with E-state index >= 15 is 0 Å². The molecule has 1 unspecified atom stereocenters. The molecule has 1 saturated heterocycles. The van der Waals surface area contributed by atoms with E-state index in [-0.39, 0.29) is 11.3 Å². The maximum absolute atomic E-state index is 12.1. The summed E-state index contributed by atoms with van der Waals surface area (Å²) in [7, 11) is 0. The number of nitrogens with two attached hydrogens (primary N) is 1. The van der Waals surface area contributed by atoms with Gasteiger partial charge in [-0.05, 0) is 29.0 Å². The van der Waals surface area contributed by atoms with Crippen LogP contribution < -0.4 is 5.73 Å². The van der Waals surface area contributed by atoms with Gasteiger partial charge in [0.2, 0.25) is 5.91 Å². The highest BCUT2D eigenvalue weighted by molar-refractivity contribution is 5.78. The molecule has 1 amide bonds. The van der Waals surface area contributed by atoms with Crippen LogP contribution in [0.4, 0.5) is 0 Å². The summed E-state index contributed by atoms with van der Waals surface area (Å²) in [5.41, 5.74) is 7.66. The minimum absolute atomic E-state index is 0.187. The quantitative estimate of drug-likeness (QED) is 0.848. The Morgan fingerprint density at radius 2 is 1.95 bits per heavy atom. The second kappa shape index (κ2) is 6.32. The third-order valence-corrected chi connectivity index (χ3v) is 4.10. The van der Waals surface area contributed by atoms with Gasteiger partial charge in [-0.1, -0.05) is 44.7 Å². The maximum Gasteiger partial charge on any atom is 0.223 e. The van der Waals surface area contributed by atoms with Gasteiger partial charge in [-0.3, -0.25) is 4.79 Å². The van der Waals surface area contributed by atoms with Gasteiger partial charge < -0.3 is 10.6 Å². The number of benzene rings is 1.